The molecule has 1 unspecified atom stereocenters. The van der Waals surface area contributed by atoms with Gasteiger partial charge in [-0.15, -0.1) is 0 Å². The molecule has 0 spiro atoms. The Labute approximate surface area is 97.0 Å². The van der Waals surface area contributed by atoms with E-state index in [2.05, 4.69) is 10.0 Å². The first-order chi connectivity index (χ1) is 7.52. The second kappa shape index (κ2) is 4.60. The minimum absolute atomic E-state index is 0.244. The normalized spacial score (nSPS) is 33.1. The SMILES string of the molecule is CC1(NS(=O)(=O)C2CCNCC2)CCOC1. The van der Waals surface area contributed by atoms with Gasteiger partial charge in [0.05, 0.1) is 17.4 Å². The van der Waals surface area contributed by atoms with Crippen LogP contribution in [-0.4, -0.2) is 45.5 Å². The van der Waals surface area contributed by atoms with E-state index < -0.39 is 15.6 Å². The predicted molar refractivity (Wildman–Crippen MR) is 61.8 cm³/mol. The molecule has 2 fully saturated rings. The average Bonchev–Trinajstić information content (AvgIpc) is 2.65. The van der Waals surface area contributed by atoms with Gasteiger partial charge in [-0.1, -0.05) is 0 Å². The minimum atomic E-state index is -3.20. The van der Waals surface area contributed by atoms with Crippen molar-refractivity contribution in [3.05, 3.63) is 0 Å². The fraction of sp³-hybridized carbons (Fsp3) is 1.00. The van der Waals surface area contributed by atoms with Crippen LogP contribution in [0.15, 0.2) is 0 Å². The highest BCUT2D eigenvalue weighted by atomic mass is 32.2. The highest BCUT2D eigenvalue weighted by molar-refractivity contribution is 7.90. The number of piperidine rings is 1. The molecule has 0 bridgehead atoms. The number of nitrogens with one attached hydrogen (secondary N) is 2. The lowest BCUT2D eigenvalue weighted by Crippen LogP contribution is -2.51. The average molecular weight is 248 g/mol. The Bertz CT molecular complexity index is 330. The van der Waals surface area contributed by atoms with Crippen molar-refractivity contribution in [1.82, 2.24) is 10.0 Å². The topological polar surface area (TPSA) is 67.4 Å². The molecule has 2 rings (SSSR count). The first-order valence-corrected chi connectivity index (χ1v) is 7.38. The van der Waals surface area contributed by atoms with Crippen LogP contribution in [0.1, 0.15) is 26.2 Å². The third-order valence-corrected chi connectivity index (χ3v) is 5.46. The molecule has 0 aliphatic carbocycles. The highest BCUT2D eigenvalue weighted by Gasteiger charge is 2.37. The van der Waals surface area contributed by atoms with E-state index in [-0.39, 0.29) is 5.25 Å². The first-order valence-electron chi connectivity index (χ1n) is 5.83. The number of hydrogen-bond donors (Lipinski definition) is 2. The van der Waals surface area contributed by atoms with Gasteiger partial charge in [-0.3, -0.25) is 0 Å². The molecule has 0 aromatic heterocycles. The number of hydrogen-bond acceptors (Lipinski definition) is 4. The van der Waals surface area contributed by atoms with Crippen molar-refractivity contribution in [2.75, 3.05) is 26.3 Å². The van der Waals surface area contributed by atoms with E-state index in [9.17, 15) is 8.42 Å². The van der Waals surface area contributed by atoms with E-state index in [0.29, 0.717) is 26.1 Å². The van der Waals surface area contributed by atoms with Crippen LogP contribution >= 0.6 is 0 Å². The van der Waals surface area contributed by atoms with E-state index in [1.807, 2.05) is 6.92 Å². The number of sulfonamides is 1. The maximum absolute atomic E-state index is 12.2. The van der Waals surface area contributed by atoms with Gasteiger partial charge < -0.3 is 10.1 Å². The quantitative estimate of drug-likeness (QED) is 0.728. The molecular weight excluding hydrogens is 228 g/mol. The molecule has 94 valence electrons. The second-order valence-corrected chi connectivity index (χ2v) is 6.92. The zero-order valence-corrected chi connectivity index (χ0v) is 10.5. The summed E-state index contributed by atoms with van der Waals surface area (Å²) in [5, 5.41) is 2.93. The van der Waals surface area contributed by atoms with Gasteiger partial charge in [0.25, 0.3) is 0 Å². The molecule has 2 N–H and O–H groups in total. The lowest BCUT2D eigenvalue weighted by molar-refractivity contribution is 0.178. The third-order valence-electron chi connectivity index (χ3n) is 3.33. The summed E-state index contributed by atoms with van der Waals surface area (Å²) in [6.45, 7) is 4.62. The molecule has 2 saturated heterocycles. The largest absolute Gasteiger partial charge is 0.379 e. The Hall–Kier alpha value is -0.170. The number of rotatable bonds is 3. The summed E-state index contributed by atoms with van der Waals surface area (Å²) < 4.78 is 32.4. The van der Waals surface area contributed by atoms with Crippen LogP contribution in [0.25, 0.3) is 0 Å². The molecule has 0 amide bonds. The molecule has 0 radical (unpaired) electrons. The van der Waals surface area contributed by atoms with E-state index in [1.165, 1.54) is 0 Å². The van der Waals surface area contributed by atoms with Gasteiger partial charge in [0.2, 0.25) is 10.0 Å². The molecule has 2 aliphatic rings. The fourth-order valence-corrected chi connectivity index (χ4v) is 4.15. The molecule has 5 nitrogen and oxygen atoms in total. The molecule has 0 aromatic carbocycles. The third kappa shape index (κ3) is 2.74. The van der Waals surface area contributed by atoms with Crippen LogP contribution in [0, 0.1) is 0 Å². The summed E-state index contributed by atoms with van der Waals surface area (Å²) in [6.07, 6.45) is 2.16. The van der Waals surface area contributed by atoms with Crippen LogP contribution in [0.4, 0.5) is 0 Å². The molecule has 1 atom stereocenters. The molecule has 0 aromatic rings. The van der Waals surface area contributed by atoms with Crippen molar-refractivity contribution in [3.8, 4) is 0 Å². The van der Waals surface area contributed by atoms with Gasteiger partial charge in [0.15, 0.2) is 0 Å². The zero-order chi connectivity index (χ0) is 11.6. The van der Waals surface area contributed by atoms with E-state index >= 15 is 0 Å². The van der Waals surface area contributed by atoms with Gasteiger partial charge in [0.1, 0.15) is 0 Å². The van der Waals surface area contributed by atoms with Crippen LogP contribution in [0.2, 0.25) is 0 Å². The van der Waals surface area contributed by atoms with Crippen LogP contribution < -0.4 is 10.0 Å². The maximum atomic E-state index is 12.2. The lowest BCUT2D eigenvalue weighted by Gasteiger charge is -2.29. The summed E-state index contributed by atoms with van der Waals surface area (Å²) in [5.41, 5.74) is -0.399. The Kier molecular flexibility index (Phi) is 3.53. The summed E-state index contributed by atoms with van der Waals surface area (Å²) in [5.74, 6) is 0. The van der Waals surface area contributed by atoms with Gasteiger partial charge >= 0.3 is 0 Å². The van der Waals surface area contributed by atoms with Gasteiger partial charge in [-0.05, 0) is 39.3 Å². The minimum Gasteiger partial charge on any atom is -0.379 e. The fourth-order valence-electron chi connectivity index (χ4n) is 2.28. The van der Waals surface area contributed by atoms with Gasteiger partial charge in [-0.25, -0.2) is 13.1 Å². The summed E-state index contributed by atoms with van der Waals surface area (Å²) in [4.78, 5) is 0. The standard InChI is InChI=1S/C10H20N2O3S/c1-10(4-7-15-8-10)12-16(13,14)9-2-5-11-6-3-9/h9,11-12H,2-8H2,1H3. The molecule has 0 saturated carbocycles. The van der Waals surface area contributed by atoms with Crippen LogP contribution in [0.5, 0.6) is 0 Å². The van der Waals surface area contributed by atoms with Crippen LogP contribution in [0.3, 0.4) is 0 Å². The molecule has 2 aliphatic heterocycles. The summed E-state index contributed by atoms with van der Waals surface area (Å²) >= 11 is 0. The van der Waals surface area contributed by atoms with Crippen molar-refractivity contribution in [3.63, 3.8) is 0 Å². The Morgan fingerprint density at radius 3 is 2.62 bits per heavy atom. The van der Waals surface area contributed by atoms with E-state index in [1.54, 1.807) is 0 Å². The van der Waals surface area contributed by atoms with Gasteiger partial charge in [-0.2, -0.15) is 0 Å². The number of ether oxygens (including phenoxy) is 1. The lowest BCUT2D eigenvalue weighted by atomic mass is 10.0. The maximum Gasteiger partial charge on any atom is 0.215 e. The zero-order valence-electron chi connectivity index (χ0n) is 9.66. The van der Waals surface area contributed by atoms with Crippen molar-refractivity contribution < 1.29 is 13.2 Å². The van der Waals surface area contributed by atoms with Gasteiger partial charge in [0, 0.05) is 6.61 Å². The Morgan fingerprint density at radius 1 is 1.38 bits per heavy atom. The van der Waals surface area contributed by atoms with Crippen molar-refractivity contribution in [1.29, 1.82) is 0 Å². The molecule has 2 heterocycles. The highest BCUT2D eigenvalue weighted by Crippen LogP contribution is 2.21. The molecular formula is C10H20N2O3S. The first kappa shape index (κ1) is 12.3. The van der Waals surface area contributed by atoms with E-state index in [4.69, 9.17) is 4.74 Å². The Morgan fingerprint density at radius 2 is 2.06 bits per heavy atom. The monoisotopic (exact) mass is 248 g/mol. The van der Waals surface area contributed by atoms with Crippen molar-refractivity contribution >= 4 is 10.0 Å². The smallest absolute Gasteiger partial charge is 0.215 e. The van der Waals surface area contributed by atoms with Crippen molar-refractivity contribution in [2.24, 2.45) is 0 Å². The van der Waals surface area contributed by atoms with Crippen LogP contribution in [-0.2, 0) is 14.8 Å². The molecule has 6 heteroatoms. The predicted octanol–water partition coefficient (Wildman–Crippen LogP) is -0.163. The summed E-state index contributed by atoms with van der Waals surface area (Å²) in [6, 6.07) is 0. The van der Waals surface area contributed by atoms with Crippen molar-refractivity contribution in [2.45, 2.75) is 37.0 Å². The second-order valence-electron chi connectivity index (χ2n) is 4.96. The Balaban J connectivity index is 2.01. The van der Waals surface area contributed by atoms with E-state index in [0.717, 1.165) is 19.5 Å². The molecule has 16 heavy (non-hydrogen) atoms. The summed E-state index contributed by atoms with van der Waals surface area (Å²) in [7, 11) is -3.20.